The Morgan fingerprint density at radius 2 is 1.84 bits per heavy atom. The largest absolute Gasteiger partial charge is 0.483 e. The third-order valence-electron chi connectivity index (χ3n) is 3.24. The van der Waals surface area contributed by atoms with E-state index in [2.05, 4.69) is 50.4 Å². The Balaban J connectivity index is 2.32. The van der Waals surface area contributed by atoms with Crippen LogP contribution in [0.5, 0.6) is 5.75 Å². The van der Waals surface area contributed by atoms with Crippen molar-refractivity contribution in [2.45, 2.75) is 39.8 Å². The molecule has 0 amide bonds. The fourth-order valence-corrected chi connectivity index (χ4v) is 3.12. The molecule has 0 fully saturated rings. The van der Waals surface area contributed by atoms with Crippen LogP contribution < -0.4 is 10.5 Å². The van der Waals surface area contributed by atoms with Crippen molar-refractivity contribution in [1.82, 2.24) is 0 Å². The highest BCUT2D eigenvalue weighted by molar-refractivity contribution is 7.10. The van der Waals surface area contributed by atoms with Gasteiger partial charge in [-0.05, 0) is 61.9 Å². The molecule has 0 aliphatic heterocycles. The topological polar surface area (TPSA) is 35.2 Å². The molecule has 19 heavy (non-hydrogen) atoms. The van der Waals surface area contributed by atoms with Crippen molar-refractivity contribution in [1.29, 1.82) is 0 Å². The number of rotatable bonds is 4. The Kier molecular flexibility index (Phi) is 4.27. The fraction of sp³-hybridized carbons (Fsp3) is 0.375. The Labute approximate surface area is 119 Å². The Morgan fingerprint density at radius 1 is 1.11 bits per heavy atom. The van der Waals surface area contributed by atoms with Crippen LogP contribution in [0.15, 0.2) is 29.6 Å². The van der Waals surface area contributed by atoms with Crippen LogP contribution >= 0.6 is 11.3 Å². The molecule has 2 rings (SSSR count). The summed E-state index contributed by atoms with van der Waals surface area (Å²) in [6, 6.07) is 8.33. The molecule has 2 nitrogen and oxygen atoms in total. The number of ether oxygens (including phenoxy) is 1. The van der Waals surface area contributed by atoms with E-state index >= 15 is 0 Å². The van der Waals surface area contributed by atoms with E-state index in [4.69, 9.17) is 10.5 Å². The second kappa shape index (κ2) is 5.76. The zero-order chi connectivity index (χ0) is 14.0. The van der Waals surface area contributed by atoms with Crippen LogP contribution in [0.2, 0.25) is 0 Å². The molecule has 0 aliphatic carbocycles. The van der Waals surface area contributed by atoms with Crippen molar-refractivity contribution in [2.24, 2.45) is 5.73 Å². The number of benzene rings is 1. The second-order valence-electron chi connectivity index (χ2n) is 5.13. The van der Waals surface area contributed by atoms with E-state index in [-0.39, 0.29) is 12.1 Å². The normalized spacial score (nSPS) is 14.2. The highest BCUT2D eigenvalue weighted by atomic mass is 32.1. The molecule has 2 aromatic rings. The number of aryl methyl sites for hydroxylation is 3. The maximum Gasteiger partial charge on any atom is 0.148 e. The molecular formula is C16H21NOS. The summed E-state index contributed by atoms with van der Waals surface area (Å²) in [5.74, 6) is 0.926. The Morgan fingerprint density at radius 3 is 2.42 bits per heavy atom. The van der Waals surface area contributed by atoms with E-state index < -0.39 is 0 Å². The van der Waals surface area contributed by atoms with Crippen molar-refractivity contribution in [2.75, 3.05) is 0 Å². The molecule has 0 radical (unpaired) electrons. The van der Waals surface area contributed by atoms with Crippen LogP contribution in [-0.2, 0) is 0 Å². The molecule has 0 aliphatic rings. The van der Waals surface area contributed by atoms with Crippen LogP contribution in [0.3, 0.4) is 0 Å². The van der Waals surface area contributed by atoms with Gasteiger partial charge >= 0.3 is 0 Å². The van der Waals surface area contributed by atoms with Crippen molar-refractivity contribution in [3.63, 3.8) is 0 Å². The van der Waals surface area contributed by atoms with Crippen molar-refractivity contribution >= 4 is 11.3 Å². The molecule has 0 bridgehead atoms. The molecule has 102 valence electrons. The number of thiophene rings is 1. The van der Waals surface area contributed by atoms with Gasteiger partial charge in [0.2, 0.25) is 0 Å². The van der Waals surface area contributed by atoms with E-state index in [9.17, 15) is 0 Å². The molecule has 2 unspecified atom stereocenters. The summed E-state index contributed by atoms with van der Waals surface area (Å²) >= 11 is 1.71. The maximum absolute atomic E-state index is 6.20. The van der Waals surface area contributed by atoms with Gasteiger partial charge in [-0.25, -0.2) is 0 Å². The van der Waals surface area contributed by atoms with Crippen molar-refractivity contribution in [3.8, 4) is 5.75 Å². The highest BCUT2D eigenvalue weighted by Crippen LogP contribution is 2.32. The third-order valence-corrected chi connectivity index (χ3v) is 4.32. The zero-order valence-corrected chi connectivity index (χ0v) is 12.8. The summed E-state index contributed by atoms with van der Waals surface area (Å²) in [4.78, 5) is 1.22. The van der Waals surface area contributed by atoms with Gasteiger partial charge < -0.3 is 10.5 Å². The summed E-state index contributed by atoms with van der Waals surface area (Å²) in [5, 5.41) is 2.09. The first-order chi connectivity index (χ1) is 8.99. The molecule has 1 heterocycles. The average molecular weight is 275 g/mol. The van der Waals surface area contributed by atoms with Crippen molar-refractivity contribution < 1.29 is 4.74 Å². The monoisotopic (exact) mass is 275 g/mol. The number of nitrogens with two attached hydrogens (primary N) is 1. The van der Waals surface area contributed by atoms with Crippen LogP contribution in [-0.4, -0.2) is 6.04 Å². The minimum atomic E-state index is -0.0829. The van der Waals surface area contributed by atoms with E-state index in [1.165, 1.54) is 16.0 Å². The van der Waals surface area contributed by atoms with E-state index in [1.54, 1.807) is 11.3 Å². The van der Waals surface area contributed by atoms with E-state index in [0.717, 1.165) is 11.3 Å². The van der Waals surface area contributed by atoms with Crippen LogP contribution in [0.4, 0.5) is 0 Å². The summed E-state index contributed by atoms with van der Waals surface area (Å²) < 4.78 is 6.20. The van der Waals surface area contributed by atoms with Crippen LogP contribution in [0.25, 0.3) is 0 Å². The zero-order valence-electron chi connectivity index (χ0n) is 11.9. The van der Waals surface area contributed by atoms with Gasteiger partial charge in [0.1, 0.15) is 11.9 Å². The Bertz CT molecular complexity index is 560. The predicted octanol–water partition coefficient (Wildman–Crippen LogP) is 4.14. The SMILES string of the molecule is Cc1ccc(C)c(OC(c2sccc2C)C(C)N)c1. The van der Waals surface area contributed by atoms with Gasteiger partial charge in [-0.1, -0.05) is 12.1 Å². The lowest BCUT2D eigenvalue weighted by atomic mass is 10.1. The smallest absolute Gasteiger partial charge is 0.148 e. The first-order valence-corrected chi connectivity index (χ1v) is 7.40. The minimum absolute atomic E-state index is 0.0442. The third kappa shape index (κ3) is 3.17. The summed E-state index contributed by atoms with van der Waals surface area (Å²) in [6.45, 7) is 8.24. The van der Waals surface area contributed by atoms with Gasteiger partial charge in [-0.3, -0.25) is 0 Å². The van der Waals surface area contributed by atoms with Crippen molar-refractivity contribution in [3.05, 3.63) is 51.2 Å². The maximum atomic E-state index is 6.20. The number of hydrogen-bond acceptors (Lipinski definition) is 3. The average Bonchev–Trinajstić information content (AvgIpc) is 2.76. The lowest BCUT2D eigenvalue weighted by Crippen LogP contribution is -2.29. The molecule has 3 heteroatoms. The molecule has 0 spiro atoms. The van der Waals surface area contributed by atoms with Gasteiger partial charge in [0.05, 0.1) is 0 Å². The molecule has 1 aromatic carbocycles. The van der Waals surface area contributed by atoms with Crippen LogP contribution in [0.1, 0.15) is 34.6 Å². The summed E-state index contributed by atoms with van der Waals surface area (Å²) in [5.41, 5.74) is 9.71. The molecule has 1 aromatic heterocycles. The van der Waals surface area contributed by atoms with Gasteiger partial charge in [0.25, 0.3) is 0 Å². The Hall–Kier alpha value is -1.32. The van der Waals surface area contributed by atoms with Gasteiger partial charge in [0, 0.05) is 10.9 Å². The minimum Gasteiger partial charge on any atom is -0.483 e. The van der Waals surface area contributed by atoms with Gasteiger partial charge in [-0.15, -0.1) is 11.3 Å². The second-order valence-corrected chi connectivity index (χ2v) is 6.08. The molecular weight excluding hydrogens is 254 g/mol. The molecule has 0 saturated heterocycles. The van der Waals surface area contributed by atoms with Crippen LogP contribution in [0, 0.1) is 20.8 Å². The summed E-state index contributed by atoms with van der Waals surface area (Å²) in [7, 11) is 0. The quantitative estimate of drug-likeness (QED) is 0.910. The van der Waals surface area contributed by atoms with E-state index in [0.29, 0.717) is 0 Å². The molecule has 2 N–H and O–H groups in total. The lowest BCUT2D eigenvalue weighted by molar-refractivity contribution is 0.182. The van der Waals surface area contributed by atoms with Gasteiger partial charge in [-0.2, -0.15) is 0 Å². The molecule has 0 saturated carbocycles. The standard InChI is InChI=1S/C16H21NOS/c1-10-5-6-11(2)14(9-10)18-15(13(4)17)16-12(3)7-8-19-16/h5-9,13,15H,17H2,1-4H3. The first kappa shape index (κ1) is 14.1. The van der Waals surface area contributed by atoms with E-state index in [1.807, 2.05) is 6.92 Å². The van der Waals surface area contributed by atoms with Gasteiger partial charge in [0.15, 0.2) is 0 Å². The fourth-order valence-electron chi connectivity index (χ4n) is 2.05. The highest BCUT2D eigenvalue weighted by Gasteiger charge is 2.22. The first-order valence-electron chi connectivity index (χ1n) is 6.52. The number of hydrogen-bond donors (Lipinski definition) is 1. The molecule has 2 atom stereocenters. The lowest BCUT2D eigenvalue weighted by Gasteiger charge is -2.23. The predicted molar refractivity (Wildman–Crippen MR) is 82.0 cm³/mol. The summed E-state index contributed by atoms with van der Waals surface area (Å²) in [6.07, 6.45) is -0.0829.